The van der Waals surface area contributed by atoms with Gasteiger partial charge in [0.05, 0.1) is 11.4 Å². The highest BCUT2D eigenvalue weighted by molar-refractivity contribution is 6.16. The van der Waals surface area contributed by atoms with E-state index in [9.17, 15) is 0 Å². The van der Waals surface area contributed by atoms with Crippen LogP contribution in [0.1, 0.15) is 0 Å². The van der Waals surface area contributed by atoms with Crippen molar-refractivity contribution in [2.75, 3.05) is 4.90 Å². The predicted octanol–water partition coefficient (Wildman–Crippen LogP) is 13.7. The number of nitrogens with zero attached hydrogens (tertiary/aromatic N) is 1. The van der Waals surface area contributed by atoms with Crippen molar-refractivity contribution < 1.29 is 4.74 Å². The maximum atomic E-state index is 6.81. The van der Waals surface area contributed by atoms with Gasteiger partial charge in [-0.3, -0.25) is 0 Å². The van der Waals surface area contributed by atoms with E-state index in [0.29, 0.717) is 0 Å². The number of benzene rings is 9. The van der Waals surface area contributed by atoms with Crippen LogP contribution in [-0.4, -0.2) is 0 Å². The predicted molar refractivity (Wildman–Crippen MR) is 210 cm³/mol. The number of ether oxygens (including phenoxy) is 1. The van der Waals surface area contributed by atoms with Crippen LogP contribution in [0.15, 0.2) is 188 Å². The first-order valence-corrected chi connectivity index (χ1v) is 17.1. The van der Waals surface area contributed by atoms with E-state index in [0.717, 1.165) is 50.8 Å². The van der Waals surface area contributed by atoms with Crippen molar-refractivity contribution in [3.05, 3.63) is 188 Å². The van der Waals surface area contributed by atoms with Crippen molar-refractivity contribution >= 4 is 49.4 Å². The highest BCUT2D eigenvalue weighted by Crippen LogP contribution is 2.54. The third-order valence-corrected chi connectivity index (χ3v) is 10.0. The highest BCUT2D eigenvalue weighted by Gasteiger charge is 2.28. The topological polar surface area (TPSA) is 12.5 Å². The molecule has 0 fully saturated rings. The molecule has 1 aliphatic heterocycles. The molecule has 2 heteroatoms. The lowest BCUT2D eigenvalue weighted by molar-refractivity contribution is 0.488. The Labute approximate surface area is 291 Å². The third-order valence-electron chi connectivity index (χ3n) is 10.0. The Morgan fingerprint density at radius 2 is 0.980 bits per heavy atom. The Morgan fingerprint density at radius 1 is 0.340 bits per heavy atom. The van der Waals surface area contributed by atoms with Crippen LogP contribution in [-0.2, 0) is 0 Å². The van der Waals surface area contributed by atoms with E-state index in [-0.39, 0.29) is 0 Å². The first-order valence-electron chi connectivity index (χ1n) is 17.1. The van der Waals surface area contributed by atoms with E-state index < -0.39 is 0 Å². The summed E-state index contributed by atoms with van der Waals surface area (Å²) in [6.07, 6.45) is 0. The lowest BCUT2D eigenvalue weighted by atomic mass is 9.89. The Bertz CT molecular complexity index is 2730. The van der Waals surface area contributed by atoms with Crippen LogP contribution >= 0.6 is 0 Å². The molecule has 50 heavy (non-hydrogen) atoms. The molecular formula is C48H31NO. The van der Waals surface area contributed by atoms with Crippen molar-refractivity contribution in [2.24, 2.45) is 0 Å². The van der Waals surface area contributed by atoms with Gasteiger partial charge in [-0.1, -0.05) is 152 Å². The third kappa shape index (κ3) is 4.50. The summed E-state index contributed by atoms with van der Waals surface area (Å²) in [6.45, 7) is 0. The molecule has 2 nitrogen and oxygen atoms in total. The molecule has 0 saturated carbocycles. The molecule has 0 N–H and O–H groups in total. The van der Waals surface area contributed by atoms with E-state index >= 15 is 0 Å². The molecule has 0 aliphatic carbocycles. The van der Waals surface area contributed by atoms with E-state index in [1.54, 1.807) is 0 Å². The van der Waals surface area contributed by atoms with Gasteiger partial charge in [-0.25, -0.2) is 0 Å². The number of anilines is 3. The van der Waals surface area contributed by atoms with Crippen LogP contribution in [0.4, 0.5) is 17.1 Å². The van der Waals surface area contributed by atoms with E-state index in [1.165, 1.54) is 43.4 Å². The fraction of sp³-hybridized carbons (Fsp3) is 0. The van der Waals surface area contributed by atoms with Crippen molar-refractivity contribution in [1.29, 1.82) is 0 Å². The molecule has 1 aliphatic rings. The standard InChI is InChI=1S/C48H31NO/c1-2-13-32(14-3-1)33-25-28-36(29-26-33)49(44-31-35-16-5-6-17-37(35)39-19-8-9-20-40(39)44)43-23-12-22-42-47(43)41-21-10-11-24-45(41)50-46-30-27-34-15-4-7-18-38(34)48(42)46/h1-31H. The molecule has 0 amide bonds. The summed E-state index contributed by atoms with van der Waals surface area (Å²) in [6, 6.07) is 67.5. The second-order valence-corrected chi connectivity index (χ2v) is 12.9. The molecule has 0 saturated heterocycles. The summed E-state index contributed by atoms with van der Waals surface area (Å²) in [7, 11) is 0. The summed E-state index contributed by atoms with van der Waals surface area (Å²) >= 11 is 0. The van der Waals surface area contributed by atoms with Crippen molar-refractivity contribution in [3.63, 3.8) is 0 Å². The van der Waals surface area contributed by atoms with Crippen molar-refractivity contribution in [3.8, 4) is 44.9 Å². The van der Waals surface area contributed by atoms with Crippen LogP contribution in [0.25, 0.3) is 65.7 Å². The number of fused-ring (bicyclic) bond motifs is 10. The number of hydrogen-bond acceptors (Lipinski definition) is 2. The molecule has 234 valence electrons. The summed E-state index contributed by atoms with van der Waals surface area (Å²) in [5.74, 6) is 1.71. The van der Waals surface area contributed by atoms with Crippen molar-refractivity contribution in [2.45, 2.75) is 0 Å². The summed E-state index contributed by atoms with van der Waals surface area (Å²) in [4.78, 5) is 2.45. The molecule has 0 atom stereocenters. The lowest BCUT2D eigenvalue weighted by Crippen LogP contribution is -2.12. The zero-order valence-electron chi connectivity index (χ0n) is 27.3. The van der Waals surface area contributed by atoms with E-state index in [4.69, 9.17) is 4.74 Å². The van der Waals surface area contributed by atoms with Gasteiger partial charge < -0.3 is 9.64 Å². The van der Waals surface area contributed by atoms with Crippen LogP contribution in [0.3, 0.4) is 0 Å². The van der Waals surface area contributed by atoms with Gasteiger partial charge in [0, 0.05) is 27.8 Å². The minimum absolute atomic E-state index is 0.845. The maximum absolute atomic E-state index is 6.81. The molecule has 0 bridgehead atoms. The molecule has 0 spiro atoms. The number of rotatable bonds is 4. The van der Waals surface area contributed by atoms with Gasteiger partial charge in [-0.05, 0) is 80.0 Å². The minimum Gasteiger partial charge on any atom is -0.456 e. The molecule has 0 aromatic heterocycles. The molecule has 9 aromatic carbocycles. The zero-order chi connectivity index (χ0) is 33.0. The molecule has 1 heterocycles. The van der Waals surface area contributed by atoms with Gasteiger partial charge in [0.2, 0.25) is 0 Å². The van der Waals surface area contributed by atoms with Gasteiger partial charge in [0.1, 0.15) is 11.5 Å². The molecule has 0 radical (unpaired) electrons. The van der Waals surface area contributed by atoms with Gasteiger partial charge in [-0.15, -0.1) is 0 Å². The zero-order valence-corrected chi connectivity index (χ0v) is 27.3. The second kappa shape index (κ2) is 11.5. The fourth-order valence-corrected chi connectivity index (χ4v) is 7.77. The Balaban J connectivity index is 1.31. The van der Waals surface area contributed by atoms with Gasteiger partial charge in [0.25, 0.3) is 0 Å². The average molecular weight is 638 g/mol. The first kappa shape index (κ1) is 28.4. The minimum atomic E-state index is 0.845. The fourth-order valence-electron chi connectivity index (χ4n) is 7.77. The normalized spacial score (nSPS) is 11.8. The van der Waals surface area contributed by atoms with Crippen LogP contribution < -0.4 is 9.64 Å². The summed E-state index contributed by atoms with van der Waals surface area (Å²) < 4.78 is 6.81. The van der Waals surface area contributed by atoms with Crippen LogP contribution in [0.2, 0.25) is 0 Å². The lowest BCUT2D eigenvalue weighted by Gasteiger charge is -2.30. The maximum Gasteiger partial charge on any atom is 0.135 e. The van der Waals surface area contributed by atoms with Crippen LogP contribution in [0, 0.1) is 0 Å². The average Bonchev–Trinajstić information content (AvgIpc) is 3.34. The largest absolute Gasteiger partial charge is 0.456 e. The van der Waals surface area contributed by atoms with Crippen molar-refractivity contribution in [1.82, 2.24) is 0 Å². The molecule has 10 rings (SSSR count). The SMILES string of the molecule is c1ccc(-c2ccc(N(c3cccc4c3-c3ccccc3Oc3ccc5ccccc5c3-4)c3cc4ccccc4c4ccccc34)cc2)cc1. The quantitative estimate of drug-likeness (QED) is 0.178. The van der Waals surface area contributed by atoms with Crippen LogP contribution in [0.5, 0.6) is 11.5 Å². The Morgan fingerprint density at radius 3 is 1.82 bits per heavy atom. The Hall–Kier alpha value is -6.64. The van der Waals surface area contributed by atoms with Gasteiger partial charge in [-0.2, -0.15) is 0 Å². The number of para-hydroxylation sites is 1. The molecule has 0 unspecified atom stereocenters. The molecular weight excluding hydrogens is 607 g/mol. The number of hydrogen-bond donors (Lipinski definition) is 0. The second-order valence-electron chi connectivity index (χ2n) is 12.9. The highest BCUT2D eigenvalue weighted by atomic mass is 16.5. The summed E-state index contributed by atoms with van der Waals surface area (Å²) in [5.41, 5.74) is 10.1. The van der Waals surface area contributed by atoms with Gasteiger partial charge >= 0.3 is 0 Å². The Kier molecular flexibility index (Phi) is 6.53. The smallest absolute Gasteiger partial charge is 0.135 e. The van der Waals surface area contributed by atoms with E-state index in [2.05, 4.69) is 193 Å². The molecule has 9 aromatic rings. The summed E-state index contributed by atoms with van der Waals surface area (Å²) in [5, 5.41) is 7.23. The van der Waals surface area contributed by atoms with E-state index in [1.807, 2.05) is 0 Å². The monoisotopic (exact) mass is 637 g/mol. The van der Waals surface area contributed by atoms with Gasteiger partial charge in [0.15, 0.2) is 0 Å². The first-order chi connectivity index (χ1) is 24.8.